The third-order valence-electron chi connectivity index (χ3n) is 6.97. The molecule has 224 valence electrons. The summed E-state index contributed by atoms with van der Waals surface area (Å²) in [6, 6.07) is 20.6. The number of hydrogen-bond donors (Lipinski definition) is 2. The van der Waals surface area contributed by atoms with Gasteiger partial charge in [0.25, 0.3) is 0 Å². The Balaban J connectivity index is 1.66. The number of imidazole rings is 1. The van der Waals surface area contributed by atoms with Crippen LogP contribution in [0.5, 0.6) is 0 Å². The third kappa shape index (κ3) is 9.80. The number of carbonyl (C=O) groups excluding carboxylic acids is 2. The van der Waals surface area contributed by atoms with E-state index in [2.05, 4.69) is 16.8 Å². The van der Waals surface area contributed by atoms with E-state index in [-0.39, 0.29) is 22.6 Å². The van der Waals surface area contributed by atoms with Crippen LogP contribution in [0.2, 0.25) is 0 Å². The number of nitrogens with zero attached hydrogens (tertiary/aromatic N) is 2. The predicted molar refractivity (Wildman–Crippen MR) is 175 cm³/mol. The number of thioether (sulfide) groups is 1. The smallest absolute Gasteiger partial charge is 0.335 e. The van der Waals surface area contributed by atoms with E-state index in [1.807, 2.05) is 72.3 Å². The van der Waals surface area contributed by atoms with Crippen LogP contribution >= 0.6 is 23.1 Å². The van der Waals surface area contributed by atoms with Gasteiger partial charge in [-0.05, 0) is 53.6 Å². The van der Waals surface area contributed by atoms with Gasteiger partial charge in [-0.2, -0.15) is 0 Å². The molecule has 0 unspecified atom stereocenters. The molecule has 2 aromatic carbocycles. The van der Waals surface area contributed by atoms with Crippen molar-refractivity contribution in [3.8, 4) is 0 Å². The fraction of sp³-hybridized carbons (Fsp3) is 0.294. The lowest BCUT2D eigenvalue weighted by atomic mass is 10.0. The molecule has 0 aliphatic heterocycles. The number of hydrogen-bond acceptors (Lipinski definition) is 6. The van der Waals surface area contributed by atoms with Crippen molar-refractivity contribution in [1.29, 1.82) is 0 Å². The van der Waals surface area contributed by atoms with Crippen LogP contribution in [0.15, 0.2) is 83.9 Å². The van der Waals surface area contributed by atoms with Crippen molar-refractivity contribution >= 4 is 46.2 Å². The molecule has 2 N–H and O–H groups in total. The molecule has 4 aromatic rings. The zero-order valence-electron chi connectivity index (χ0n) is 24.5. The number of nitrogens with one attached hydrogen (secondary N) is 1. The zero-order chi connectivity index (χ0) is 30.6. The molecule has 1 amide bonds. The average Bonchev–Trinajstić information content (AvgIpc) is 3.65. The molecule has 0 saturated carbocycles. The summed E-state index contributed by atoms with van der Waals surface area (Å²) in [7, 11) is 0. The van der Waals surface area contributed by atoms with Crippen molar-refractivity contribution < 1.29 is 19.5 Å². The number of carbonyl (C=O) groups is 3. The predicted octanol–water partition coefficient (Wildman–Crippen LogP) is 6.67. The van der Waals surface area contributed by atoms with E-state index in [4.69, 9.17) is 4.98 Å². The van der Waals surface area contributed by atoms with Gasteiger partial charge in [0, 0.05) is 48.6 Å². The van der Waals surface area contributed by atoms with Gasteiger partial charge < -0.3 is 15.0 Å². The molecule has 0 spiro atoms. The molecule has 43 heavy (non-hydrogen) atoms. The zero-order valence-corrected chi connectivity index (χ0v) is 26.1. The Morgan fingerprint density at radius 1 is 1.05 bits per heavy atom. The molecule has 0 bridgehead atoms. The molecule has 0 radical (unpaired) electrons. The van der Waals surface area contributed by atoms with Crippen LogP contribution in [-0.2, 0) is 35.4 Å². The maximum absolute atomic E-state index is 13.9. The summed E-state index contributed by atoms with van der Waals surface area (Å²) in [4.78, 5) is 42.8. The van der Waals surface area contributed by atoms with E-state index >= 15 is 0 Å². The fourth-order valence-corrected chi connectivity index (χ4v) is 6.08. The number of carboxylic acids is 1. The number of aromatic carboxylic acids is 1. The Morgan fingerprint density at radius 2 is 1.81 bits per heavy atom. The summed E-state index contributed by atoms with van der Waals surface area (Å²) in [5, 5.41) is 14.5. The maximum atomic E-state index is 13.9. The first kappa shape index (κ1) is 32.0. The van der Waals surface area contributed by atoms with Gasteiger partial charge in [-0.1, -0.05) is 73.6 Å². The Kier molecular flexibility index (Phi) is 11.9. The molecule has 4 rings (SSSR count). The maximum Gasteiger partial charge on any atom is 0.335 e. The number of aryl methyl sites for hydroxylation is 1. The topological polar surface area (TPSA) is 101 Å². The van der Waals surface area contributed by atoms with Gasteiger partial charge in [-0.15, -0.1) is 11.3 Å². The van der Waals surface area contributed by atoms with Crippen molar-refractivity contribution in [3.05, 3.63) is 117 Å². The quantitative estimate of drug-likeness (QED) is 0.145. The van der Waals surface area contributed by atoms with Crippen LogP contribution in [0, 0.1) is 0 Å². The van der Waals surface area contributed by atoms with Gasteiger partial charge in [0.15, 0.2) is 5.12 Å². The summed E-state index contributed by atoms with van der Waals surface area (Å²) in [5.41, 5.74) is 3.70. The monoisotopic (exact) mass is 615 g/mol. The van der Waals surface area contributed by atoms with Crippen molar-refractivity contribution in [2.24, 2.45) is 0 Å². The summed E-state index contributed by atoms with van der Waals surface area (Å²) in [5.74, 6) is 0.268. The summed E-state index contributed by atoms with van der Waals surface area (Å²) >= 11 is 2.82. The number of thiophene rings is 1. The van der Waals surface area contributed by atoms with Gasteiger partial charge >= 0.3 is 5.97 Å². The van der Waals surface area contributed by atoms with Gasteiger partial charge in [-0.25, -0.2) is 9.78 Å². The Hall–Kier alpha value is -3.95. The highest BCUT2D eigenvalue weighted by Gasteiger charge is 2.20. The van der Waals surface area contributed by atoms with Gasteiger partial charge in [0.2, 0.25) is 5.91 Å². The van der Waals surface area contributed by atoms with Crippen LogP contribution in [-0.4, -0.2) is 43.4 Å². The van der Waals surface area contributed by atoms with Crippen LogP contribution in [0.25, 0.3) is 6.08 Å². The van der Waals surface area contributed by atoms with E-state index in [0.717, 1.165) is 46.8 Å². The number of amides is 1. The summed E-state index contributed by atoms with van der Waals surface area (Å²) < 4.78 is 2.11. The van der Waals surface area contributed by atoms with E-state index in [1.54, 1.807) is 30.4 Å². The lowest BCUT2D eigenvalue weighted by Gasteiger charge is -2.19. The third-order valence-corrected chi connectivity index (χ3v) is 8.82. The number of unbranched alkanes of at least 4 members (excludes halogenated alkanes) is 1. The second-order valence-corrected chi connectivity index (χ2v) is 12.6. The highest BCUT2D eigenvalue weighted by atomic mass is 32.2. The van der Waals surface area contributed by atoms with E-state index in [9.17, 15) is 19.5 Å². The van der Waals surface area contributed by atoms with Crippen molar-refractivity contribution in [3.63, 3.8) is 0 Å². The Morgan fingerprint density at radius 3 is 2.47 bits per heavy atom. The molecule has 0 saturated heterocycles. The van der Waals surface area contributed by atoms with Crippen molar-refractivity contribution in [2.45, 2.75) is 58.5 Å². The molecular weight excluding hydrogens is 579 g/mol. The standard InChI is InChI=1S/C34H37N3O4S2/c1-3-4-12-32-35-21-30(37(32)22-26-13-15-27(16-14-26)34(40)41)19-28(20-31-11-8-17-42-31)33(39)36-29(23-43-24(2)38)18-25-9-6-5-7-10-25/h5-11,13-17,19,21,29H,3-4,12,18,20,22-23H2,1-2H3,(H,36,39)(H,40,41)/b28-19+/t29-/m1/s1. The minimum atomic E-state index is -0.960. The molecule has 0 fully saturated rings. The van der Waals surface area contributed by atoms with Crippen molar-refractivity contribution in [1.82, 2.24) is 14.9 Å². The number of rotatable bonds is 15. The largest absolute Gasteiger partial charge is 0.478 e. The minimum absolute atomic E-state index is 0.0153. The molecular formula is C34H37N3O4S2. The highest BCUT2D eigenvalue weighted by molar-refractivity contribution is 8.13. The molecule has 2 aromatic heterocycles. The van der Waals surface area contributed by atoms with Crippen LogP contribution in [0.1, 0.15) is 64.6 Å². The lowest BCUT2D eigenvalue weighted by molar-refractivity contribution is -0.118. The molecule has 2 heterocycles. The fourth-order valence-electron chi connectivity index (χ4n) is 4.72. The molecule has 1 atom stereocenters. The molecule has 0 aliphatic carbocycles. The second-order valence-electron chi connectivity index (χ2n) is 10.4. The van der Waals surface area contributed by atoms with E-state index in [1.165, 1.54) is 11.8 Å². The lowest BCUT2D eigenvalue weighted by Crippen LogP contribution is -2.39. The first-order chi connectivity index (χ1) is 20.8. The van der Waals surface area contributed by atoms with Crippen LogP contribution in [0.4, 0.5) is 0 Å². The Bertz CT molecular complexity index is 1530. The normalized spacial score (nSPS) is 12.2. The van der Waals surface area contributed by atoms with Gasteiger partial charge in [0.05, 0.1) is 17.5 Å². The van der Waals surface area contributed by atoms with E-state index < -0.39 is 5.97 Å². The highest BCUT2D eigenvalue weighted by Crippen LogP contribution is 2.21. The summed E-state index contributed by atoms with van der Waals surface area (Å²) in [6.07, 6.45) is 7.61. The minimum Gasteiger partial charge on any atom is -0.478 e. The molecule has 0 aliphatic rings. The SMILES string of the molecule is CCCCc1ncc(/C=C(\Cc2cccs2)C(=O)N[C@@H](CSC(C)=O)Cc2ccccc2)n1Cc1ccc(C(=O)O)cc1. The van der Waals surface area contributed by atoms with Crippen LogP contribution in [0.3, 0.4) is 0 Å². The average molecular weight is 616 g/mol. The van der Waals surface area contributed by atoms with E-state index in [0.29, 0.717) is 30.7 Å². The number of carboxylic acid groups (broad SMARTS) is 1. The molecule has 7 nitrogen and oxygen atoms in total. The number of aromatic nitrogens is 2. The first-order valence-electron chi connectivity index (χ1n) is 14.4. The van der Waals surface area contributed by atoms with Crippen molar-refractivity contribution in [2.75, 3.05) is 5.75 Å². The van der Waals surface area contributed by atoms with Gasteiger partial charge in [-0.3, -0.25) is 9.59 Å². The summed E-state index contributed by atoms with van der Waals surface area (Å²) in [6.45, 7) is 4.18. The first-order valence-corrected chi connectivity index (χ1v) is 16.3. The molecule has 9 heteroatoms. The van der Waals surface area contributed by atoms with Gasteiger partial charge in [0.1, 0.15) is 5.82 Å². The number of benzene rings is 2. The second kappa shape index (κ2) is 16.0. The van der Waals surface area contributed by atoms with Crippen LogP contribution < -0.4 is 5.32 Å². The Labute approximate surface area is 261 Å².